The van der Waals surface area contributed by atoms with Gasteiger partial charge < -0.3 is 10.0 Å². The number of fused-ring (bicyclic) bond motifs is 1. The number of carboxylic acids is 1. The first-order valence-electron chi connectivity index (χ1n) is 6.54. The normalized spacial score (nSPS) is 26.9. The lowest BCUT2D eigenvalue weighted by Gasteiger charge is -2.22. The summed E-state index contributed by atoms with van der Waals surface area (Å²) >= 11 is 0. The summed E-state index contributed by atoms with van der Waals surface area (Å²) in [7, 11) is 0. The third kappa shape index (κ3) is 1.82. The lowest BCUT2D eigenvalue weighted by molar-refractivity contribution is 0.0694. The van der Waals surface area contributed by atoms with Crippen molar-refractivity contribution in [2.24, 2.45) is 17.3 Å². The van der Waals surface area contributed by atoms with E-state index >= 15 is 0 Å². The molecule has 2 aliphatic rings. The van der Waals surface area contributed by atoms with Crippen LogP contribution in [0.1, 0.15) is 34.6 Å². The summed E-state index contributed by atoms with van der Waals surface area (Å²) in [5.74, 6) is 0.313. The molecular weight excluding hydrogens is 242 g/mol. The van der Waals surface area contributed by atoms with Gasteiger partial charge in [-0.1, -0.05) is 13.8 Å². The SMILES string of the molecule is CC1(C)C2CN(C(=O)c3ccc(C(=O)O)cc3)CC21. The molecule has 1 aliphatic heterocycles. The Kier molecular flexibility index (Phi) is 2.46. The Balaban J connectivity index is 1.70. The number of rotatable bonds is 2. The van der Waals surface area contributed by atoms with Crippen LogP contribution in [0.25, 0.3) is 0 Å². The van der Waals surface area contributed by atoms with Crippen molar-refractivity contribution in [3.8, 4) is 0 Å². The second kappa shape index (κ2) is 3.83. The van der Waals surface area contributed by atoms with Crippen molar-refractivity contribution in [2.45, 2.75) is 13.8 Å². The van der Waals surface area contributed by atoms with Gasteiger partial charge >= 0.3 is 5.97 Å². The predicted octanol–water partition coefficient (Wildman–Crippen LogP) is 2.11. The molecule has 2 unspecified atom stereocenters. The number of carbonyl (C=O) groups excluding carboxylic acids is 1. The Morgan fingerprint density at radius 1 is 1.11 bits per heavy atom. The van der Waals surface area contributed by atoms with Gasteiger partial charge in [0.15, 0.2) is 0 Å². The maximum absolute atomic E-state index is 12.3. The van der Waals surface area contributed by atoms with Gasteiger partial charge in [0, 0.05) is 18.7 Å². The summed E-state index contributed by atoms with van der Waals surface area (Å²) in [5, 5.41) is 8.83. The molecule has 0 aromatic heterocycles. The molecule has 0 spiro atoms. The van der Waals surface area contributed by atoms with E-state index in [0.29, 0.717) is 22.8 Å². The zero-order valence-corrected chi connectivity index (χ0v) is 11.1. The van der Waals surface area contributed by atoms with Crippen molar-refractivity contribution in [2.75, 3.05) is 13.1 Å². The highest BCUT2D eigenvalue weighted by molar-refractivity contribution is 5.96. The Hall–Kier alpha value is -1.84. The molecule has 1 heterocycles. The van der Waals surface area contributed by atoms with Gasteiger partial charge in [0.25, 0.3) is 5.91 Å². The largest absolute Gasteiger partial charge is 0.478 e. The first kappa shape index (κ1) is 12.2. The molecule has 1 amide bonds. The van der Waals surface area contributed by atoms with Crippen molar-refractivity contribution >= 4 is 11.9 Å². The van der Waals surface area contributed by atoms with Crippen LogP contribution in [-0.2, 0) is 0 Å². The number of carbonyl (C=O) groups is 2. The van der Waals surface area contributed by atoms with Gasteiger partial charge in [0.1, 0.15) is 0 Å². The summed E-state index contributed by atoms with van der Waals surface area (Å²) in [6, 6.07) is 6.16. The first-order chi connectivity index (χ1) is 8.91. The number of hydrogen-bond acceptors (Lipinski definition) is 2. The fourth-order valence-corrected chi connectivity index (χ4v) is 3.24. The van der Waals surface area contributed by atoms with Crippen molar-refractivity contribution in [3.63, 3.8) is 0 Å². The van der Waals surface area contributed by atoms with Crippen molar-refractivity contribution < 1.29 is 14.7 Å². The lowest BCUT2D eigenvalue weighted by atomic mass is 10.1. The Bertz CT molecular complexity index is 533. The Morgan fingerprint density at radius 3 is 2.05 bits per heavy atom. The van der Waals surface area contributed by atoms with Crippen LogP contribution in [0.4, 0.5) is 0 Å². The highest BCUT2D eigenvalue weighted by Gasteiger charge is 2.62. The van der Waals surface area contributed by atoms with Gasteiger partial charge in [-0.05, 0) is 41.5 Å². The quantitative estimate of drug-likeness (QED) is 0.885. The molecule has 4 heteroatoms. The zero-order valence-electron chi connectivity index (χ0n) is 11.1. The molecule has 0 bridgehead atoms. The van der Waals surface area contributed by atoms with Crippen molar-refractivity contribution in [3.05, 3.63) is 35.4 Å². The lowest BCUT2D eigenvalue weighted by Crippen LogP contribution is -2.32. The topological polar surface area (TPSA) is 57.6 Å². The number of likely N-dealkylation sites (tertiary alicyclic amines) is 1. The summed E-state index contributed by atoms with van der Waals surface area (Å²) in [6.07, 6.45) is 0. The summed E-state index contributed by atoms with van der Waals surface area (Å²) in [5.41, 5.74) is 1.18. The van der Waals surface area contributed by atoms with Crippen LogP contribution in [0.15, 0.2) is 24.3 Å². The molecule has 0 radical (unpaired) electrons. The van der Waals surface area contributed by atoms with E-state index < -0.39 is 5.97 Å². The van der Waals surface area contributed by atoms with E-state index in [2.05, 4.69) is 13.8 Å². The molecule has 2 atom stereocenters. The van der Waals surface area contributed by atoms with E-state index in [9.17, 15) is 9.59 Å². The fourth-order valence-electron chi connectivity index (χ4n) is 3.24. The third-order valence-electron chi connectivity index (χ3n) is 4.79. The second-order valence-corrected chi connectivity index (χ2v) is 6.13. The number of nitrogens with zero attached hydrogens (tertiary/aromatic N) is 1. The minimum Gasteiger partial charge on any atom is -0.478 e. The van der Waals surface area contributed by atoms with Crippen LogP contribution in [0.3, 0.4) is 0 Å². The second-order valence-electron chi connectivity index (χ2n) is 6.13. The van der Waals surface area contributed by atoms with Crippen LogP contribution in [-0.4, -0.2) is 35.0 Å². The van der Waals surface area contributed by atoms with Crippen molar-refractivity contribution in [1.82, 2.24) is 4.90 Å². The highest BCUT2D eigenvalue weighted by atomic mass is 16.4. The van der Waals surface area contributed by atoms with Gasteiger partial charge in [-0.2, -0.15) is 0 Å². The number of piperidine rings is 1. The van der Waals surface area contributed by atoms with E-state index in [1.807, 2.05) is 4.90 Å². The molecular formula is C15H17NO3. The van der Waals surface area contributed by atoms with Crippen LogP contribution < -0.4 is 0 Å². The number of carboxylic acid groups (broad SMARTS) is 1. The standard InChI is InChI=1S/C15H17NO3/c1-15(2)11-7-16(8-12(11)15)13(17)9-3-5-10(6-4-9)14(18)19/h3-6,11-12H,7-8H2,1-2H3,(H,18,19). The molecule has 1 N–H and O–H groups in total. The van der Waals surface area contributed by atoms with Crippen LogP contribution in [0.5, 0.6) is 0 Å². The van der Waals surface area contributed by atoms with E-state index in [1.165, 1.54) is 12.1 Å². The predicted molar refractivity (Wildman–Crippen MR) is 70.1 cm³/mol. The number of aromatic carboxylic acids is 1. The van der Waals surface area contributed by atoms with Gasteiger partial charge in [0.05, 0.1) is 5.56 Å². The van der Waals surface area contributed by atoms with Crippen LogP contribution in [0, 0.1) is 17.3 Å². The average Bonchev–Trinajstić information content (AvgIpc) is 2.79. The fraction of sp³-hybridized carbons (Fsp3) is 0.467. The minimum absolute atomic E-state index is 0.0138. The molecule has 100 valence electrons. The first-order valence-corrected chi connectivity index (χ1v) is 6.54. The molecule has 2 fully saturated rings. The maximum Gasteiger partial charge on any atom is 0.335 e. The van der Waals surface area contributed by atoms with Crippen molar-refractivity contribution in [1.29, 1.82) is 0 Å². The summed E-state index contributed by atoms with van der Waals surface area (Å²) in [6.45, 7) is 6.17. The molecule has 1 aromatic carbocycles. The molecule has 4 nitrogen and oxygen atoms in total. The van der Waals surface area contributed by atoms with E-state index in [-0.39, 0.29) is 11.5 Å². The average molecular weight is 259 g/mol. The molecule has 1 saturated heterocycles. The third-order valence-corrected chi connectivity index (χ3v) is 4.79. The molecule has 1 aromatic rings. The maximum atomic E-state index is 12.3. The van der Waals surface area contributed by atoms with Crippen LogP contribution >= 0.6 is 0 Å². The minimum atomic E-state index is -0.969. The van der Waals surface area contributed by atoms with Gasteiger partial charge in [-0.15, -0.1) is 0 Å². The molecule has 19 heavy (non-hydrogen) atoms. The Labute approximate surface area is 112 Å². The van der Waals surface area contributed by atoms with Gasteiger partial charge in [0.2, 0.25) is 0 Å². The smallest absolute Gasteiger partial charge is 0.335 e. The van der Waals surface area contributed by atoms with Gasteiger partial charge in [-0.25, -0.2) is 4.79 Å². The van der Waals surface area contributed by atoms with E-state index in [0.717, 1.165) is 13.1 Å². The molecule has 3 rings (SSSR count). The molecule has 1 aliphatic carbocycles. The van der Waals surface area contributed by atoms with E-state index in [1.54, 1.807) is 12.1 Å². The molecule has 1 saturated carbocycles. The number of amides is 1. The summed E-state index contributed by atoms with van der Waals surface area (Å²) < 4.78 is 0. The summed E-state index contributed by atoms with van der Waals surface area (Å²) in [4.78, 5) is 24.9. The van der Waals surface area contributed by atoms with Gasteiger partial charge in [-0.3, -0.25) is 4.79 Å². The zero-order chi connectivity index (χ0) is 13.8. The monoisotopic (exact) mass is 259 g/mol. The highest BCUT2D eigenvalue weighted by Crippen LogP contribution is 2.62. The number of benzene rings is 1. The Morgan fingerprint density at radius 2 is 1.58 bits per heavy atom. The van der Waals surface area contributed by atoms with E-state index in [4.69, 9.17) is 5.11 Å². The van der Waals surface area contributed by atoms with Crippen LogP contribution in [0.2, 0.25) is 0 Å². The number of hydrogen-bond donors (Lipinski definition) is 1.